The molecule has 0 saturated heterocycles. The van der Waals surface area contributed by atoms with Crippen molar-refractivity contribution in [2.45, 2.75) is 52.1 Å². The van der Waals surface area contributed by atoms with E-state index in [9.17, 15) is 4.79 Å². The Morgan fingerprint density at radius 2 is 2.24 bits per heavy atom. The normalized spacial score (nSPS) is 21.5. The van der Waals surface area contributed by atoms with E-state index in [1.807, 2.05) is 18.2 Å². The van der Waals surface area contributed by atoms with E-state index >= 15 is 0 Å². The molecule has 0 amide bonds. The molecule has 1 fully saturated rings. The van der Waals surface area contributed by atoms with Gasteiger partial charge >= 0.3 is 0 Å². The molecule has 2 aromatic heterocycles. The molecular formula is C17H23N3O. The zero-order chi connectivity index (χ0) is 14.9. The maximum atomic E-state index is 12.1. The third kappa shape index (κ3) is 3.00. The average Bonchev–Trinajstić information content (AvgIpc) is 2.46. The molecule has 21 heavy (non-hydrogen) atoms. The van der Waals surface area contributed by atoms with E-state index in [0.717, 1.165) is 5.69 Å². The molecule has 1 atom stereocenters. The summed E-state index contributed by atoms with van der Waals surface area (Å²) in [6.07, 6.45) is 6.83. The van der Waals surface area contributed by atoms with Crippen LogP contribution in [0.25, 0.3) is 5.65 Å². The lowest BCUT2D eigenvalue weighted by molar-refractivity contribution is 0.166. The second-order valence-corrected chi connectivity index (χ2v) is 6.68. The fourth-order valence-corrected chi connectivity index (χ4v) is 3.29. The van der Waals surface area contributed by atoms with Crippen molar-refractivity contribution < 1.29 is 0 Å². The predicted molar refractivity (Wildman–Crippen MR) is 84.3 cm³/mol. The van der Waals surface area contributed by atoms with Crippen LogP contribution in [0.3, 0.4) is 0 Å². The topological polar surface area (TPSA) is 46.4 Å². The molecule has 0 bridgehead atoms. The first-order valence-corrected chi connectivity index (χ1v) is 7.77. The molecule has 1 saturated carbocycles. The van der Waals surface area contributed by atoms with E-state index in [1.165, 1.54) is 25.7 Å². The molecule has 1 N–H and O–H groups in total. The monoisotopic (exact) mass is 285 g/mol. The van der Waals surface area contributed by atoms with Crippen LogP contribution < -0.4 is 10.9 Å². The molecule has 1 aliphatic carbocycles. The second-order valence-electron chi connectivity index (χ2n) is 6.68. The van der Waals surface area contributed by atoms with Crippen LogP contribution in [0.15, 0.2) is 35.3 Å². The summed E-state index contributed by atoms with van der Waals surface area (Å²) >= 11 is 0. The standard InChI is InChI=1S/C17H23N3O/c1-17(2)9-5-3-7-14(17)18-12-13-11-16(21)20-10-6-4-8-15(20)19-13/h4,6,8,10-11,14,18H,3,5,7,9,12H2,1-2H3. The first kappa shape index (κ1) is 14.3. The Hall–Kier alpha value is -1.68. The van der Waals surface area contributed by atoms with E-state index in [1.54, 1.807) is 16.7 Å². The lowest BCUT2D eigenvalue weighted by Gasteiger charge is -2.39. The minimum Gasteiger partial charge on any atom is -0.308 e. The Kier molecular flexibility index (Phi) is 3.81. The Bertz CT molecular complexity index is 690. The van der Waals surface area contributed by atoms with Crippen molar-refractivity contribution in [3.05, 3.63) is 46.5 Å². The number of aromatic nitrogens is 2. The number of hydrogen-bond acceptors (Lipinski definition) is 3. The SMILES string of the molecule is CC1(C)CCCCC1NCc1cc(=O)n2ccccc2n1. The summed E-state index contributed by atoms with van der Waals surface area (Å²) in [5.74, 6) is 0. The molecule has 0 spiro atoms. The molecule has 1 aliphatic rings. The Morgan fingerprint density at radius 1 is 1.38 bits per heavy atom. The lowest BCUT2D eigenvalue weighted by atomic mass is 9.73. The van der Waals surface area contributed by atoms with Crippen LogP contribution in [0.5, 0.6) is 0 Å². The van der Waals surface area contributed by atoms with Gasteiger partial charge in [0.1, 0.15) is 5.65 Å². The third-order valence-electron chi connectivity index (χ3n) is 4.66. The highest BCUT2D eigenvalue weighted by Crippen LogP contribution is 2.35. The molecule has 0 aliphatic heterocycles. The molecule has 2 aromatic rings. The maximum Gasteiger partial charge on any atom is 0.258 e. The summed E-state index contributed by atoms with van der Waals surface area (Å²) in [5.41, 5.74) is 1.85. The number of fused-ring (bicyclic) bond motifs is 1. The Morgan fingerprint density at radius 3 is 3.05 bits per heavy atom. The van der Waals surface area contributed by atoms with Crippen molar-refractivity contribution in [2.24, 2.45) is 5.41 Å². The average molecular weight is 285 g/mol. The molecule has 3 rings (SSSR count). The van der Waals surface area contributed by atoms with Gasteiger partial charge in [0.15, 0.2) is 0 Å². The van der Waals surface area contributed by atoms with E-state index in [-0.39, 0.29) is 5.56 Å². The molecule has 4 heteroatoms. The van der Waals surface area contributed by atoms with Crippen molar-refractivity contribution in [2.75, 3.05) is 0 Å². The number of rotatable bonds is 3. The van der Waals surface area contributed by atoms with Crippen molar-refractivity contribution in [3.63, 3.8) is 0 Å². The van der Waals surface area contributed by atoms with Gasteiger partial charge in [0, 0.05) is 24.8 Å². The van der Waals surface area contributed by atoms with Crippen LogP contribution >= 0.6 is 0 Å². The van der Waals surface area contributed by atoms with Gasteiger partial charge in [-0.05, 0) is 30.4 Å². The minimum absolute atomic E-state index is 0.0136. The molecule has 4 nitrogen and oxygen atoms in total. The van der Waals surface area contributed by atoms with Gasteiger partial charge in [-0.2, -0.15) is 0 Å². The summed E-state index contributed by atoms with van der Waals surface area (Å²) < 4.78 is 1.58. The summed E-state index contributed by atoms with van der Waals surface area (Å²) in [7, 11) is 0. The lowest BCUT2D eigenvalue weighted by Crippen LogP contribution is -2.44. The zero-order valence-corrected chi connectivity index (χ0v) is 12.8. The summed E-state index contributed by atoms with van der Waals surface area (Å²) in [6.45, 7) is 5.31. The maximum absolute atomic E-state index is 12.1. The molecular weight excluding hydrogens is 262 g/mol. The van der Waals surface area contributed by atoms with Gasteiger partial charge in [-0.3, -0.25) is 9.20 Å². The van der Waals surface area contributed by atoms with E-state index in [4.69, 9.17) is 0 Å². The highest BCUT2D eigenvalue weighted by Gasteiger charge is 2.31. The molecule has 0 radical (unpaired) electrons. The quantitative estimate of drug-likeness (QED) is 0.943. The van der Waals surface area contributed by atoms with E-state index < -0.39 is 0 Å². The van der Waals surface area contributed by atoms with Crippen LogP contribution in [-0.4, -0.2) is 15.4 Å². The summed E-state index contributed by atoms with van der Waals surface area (Å²) in [6, 6.07) is 7.76. The fourth-order valence-electron chi connectivity index (χ4n) is 3.29. The van der Waals surface area contributed by atoms with Gasteiger partial charge in [-0.1, -0.05) is 32.8 Å². The highest BCUT2D eigenvalue weighted by atomic mass is 16.1. The van der Waals surface area contributed by atoms with E-state index in [2.05, 4.69) is 24.1 Å². The van der Waals surface area contributed by atoms with Crippen LogP contribution in [0, 0.1) is 5.41 Å². The summed E-state index contributed by atoms with van der Waals surface area (Å²) in [5, 5.41) is 3.61. The van der Waals surface area contributed by atoms with Gasteiger partial charge in [0.25, 0.3) is 5.56 Å². The predicted octanol–water partition coefficient (Wildman–Crippen LogP) is 2.75. The van der Waals surface area contributed by atoms with Gasteiger partial charge in [-0.25, -0.2) is 4.98 Å². The molecule has 0 aromatic carbocycles. The minimum atomic E-state index is -0.0136. The van der Waals surface area contributed by atoms with Crippen molar-refractivity contribution in [3.8, 4) is 0 Å². The van der Waals surface area contributed by atoms with Crippen LogP contribution in [-0.2, 0) is 6.54 Å². The first-order chi connectivity index (χ1) is 10.1. The van der Waals surface area contributed by atoms with E-state index in [0.29, 0.717) is 23.6 Å². The third-order valence-corrected chi connectivity index (χ3v) is 4.66. The van der Waals surface area contributed by atoms with Gasteiger partial charge in [0.2, 0.25) is 0 Å². The Labute approximate surface area is 125 Å². The van der Waals surface area contributed by atoms with Crippen LogP contribution in [0.4, 0.5) is 0 Å². The van der Waals surface area contributed by atoms with Crippen molar-refractivity contribution in [1.82, 2.24) is 14.7 Å². The van der Waals surface area contributed by atoms with Crippen LogP contribution in [0.2, 0.25) is 0 Å². The number of nitrogens with one attached hydrogen (secondary N) is 1. The molecule has 2 heterocycles. The second kappa shape index (κ2) is 5.60. The summed E-state index contributed by atoms with van der Waals surface area (Å²) in [4.78, 5) is 16.6. The largest absolute Gasteiger partial charge is 0.308 e. The smallest absolute Gasteiger partial charge is 0.258 e. The number of nitrogens with zero attached hydrogens (tertiary/aromatic N) is 2. The molecule has 112 valence electrons. The first-order valence-electron chi connectivity index (χ1n) is 7.77. The van der Waals surface area contributed by atoms with Crippen molar-refractivity contribution >= 4 is 5.65 Å². The number of pyridine rings is 1. The highest BCUT2D eigenvalue weighted by molar-refractivity contribution is 5.37. The Balaban J connectivity index is 1.78. The molecule has 1 unspecified atom stereocenters. The fraction of sp³-hybridized carbons (Fsp3) is 0.529. The zero-order valence-electron chi connectivity index (χ0n) is 12.8. The van der Waals surface area contributed by atoms with Crippen molar-refractivity contribution in [1.29, 1.82) is 0 Å². The van der Waals surface area contributed by atoms with Gasteiger partial charge in [-0.15, -0.1) is 0 Å². The number of hydrogen-bond donors (Lipinski definition) is 1. The van der Waals surface area contributed by atoms with Crippen LogP contribution in [0.1, 0.15) is 45.2 Å². The van der Waals surface area contributed by atoms with Gasteiger partial charge in [0.05, 0.1) is 5.69 Å². The van der Waals surface area contributed by atoms with Gasteiger partial charge < -0.3 is 5.32 Å².